The molecule has 0 atom stereocenters. The van der Waals surface area contributed by atoms with E-state index in [4.69, 9.17) is 4.74 Å². The van der Waals surface area contributed by atoms with Gasteiger partial charge in [-0.2, -0.15) is 9.50 Å². The Balaban J connectivity index is 1.45. The van der Waals surface area contributed by atoms with Crippen molar-refractivity contribution in [3.8, 4) is 17.1 Å². The average Bonchev–Trinajstić information content (AvgIpc) is 3.52. The average molecular weight is 577 g/mol. The summed E-state index contributed by atoms with van der Waals surface area (Å²) in [4.78, 5) is 33.7. The van der Waals surface area contributed by atoms with Crippen LogP contribution >= 0.6 is 27.3 Å². The molecular formula is C27H18BrFN4O3S. The molecule has 1 aliphatic heterocycles. The minimum absolute atomic E-state index is 0.244. The molecule has 0 spiro atoms. The van der Waals surface area contributed by atoms with Gasteiger partial charge in [-0.15, -0.1) is 5.10 Å². The zero-order valence-corrected chi connectivity index (χ0v) is 21.8. The maximum absolute atomic E-state index is 13.7. The maximum atomic E-state index is 13.7. The molecule has 184 valence electrons. The lowest BCUT2D eigenvalue weighted by Gasteiger charge is -2.17. The summed E-state index contributed by atoms with van der Waals surface area (Å²) in [5, 5.41) is 4.42. The molecule has 0 fully saturated rings. The number of carbonyl (C=O) groups is 1. The van der Waals surface area contributed by atoms with E-state index in [2.05, 4.69) is 26.0 Å². The molecule has 0 unspecified atom stereocenters. The second-order valence-electron chi connectivity index (χ2n) is 8.38. The molecule has 2 aromatic heterocycles. The van der Waals surface area contributed by atoms with Crippen molar-refractivity contribution in [3.05, 3.63) is 103 Å². The Morgan fingerprint density at radius 1 is 1.03 bits per heavy atom. The van der Waals surface area contributed by atoms with Gasteiger partial charge < -0.3 is 9.64 Å². The second kappa shape index (κ2) is 9.20. The fraction of sp³-hybridized carbons (Fsp3) is 0.111. The Morgan fingerprint density at radius 3 is 2.49 bits per heavy atom. The van der Waals surface area contributed by atoms with E-state index in [0.717, 1.165) is 32.7 Å². The van der Waals surface area contributed by atoms with Crippen molar-refractivity contribution in [1.82, 2.24) is 14.6 Å². The van der Waals surface area contributed by atoms with Gasteiger partial charge in [-0.25, -0.2) is 4.39 Å². The van der Waals surface area contributed by atoms with Crippen molar-refractivity contribution in [2.24, 2.45) is 0 Å². The molecule has 0 radical (unpaired) electrons. The summed E-state index contributed by atoms with van der Waals surface area (Å²) < 4.78 is 21.2. The molecule has 10 heteroatoms. The third-order valence-corrected chi connectivity index (χ3v) is 7.56. The van der Waals surface area contributed by atoms with Gasteiger partial charge in [0.25, 0.3) is 11.5 Å². The van der Waals surface area contributed by atoms with E-state index >= 15 is 0 Å². The fourth-order valence-electron chi connectivity index (χ4n) is 4.33. The van der Waals surface area contributed by atoms with Crippen LogP contribution in [0, 0.1) is 5.82 Å². The molecule has 5 aromatic rings. The summed E-state index contributed by atoms with van der Waals surface area (Å²) in [5.41, 5.74) is 2.77. The van der Waals surface area contributed by atoms with E-state index in [9.17, 15) is 14.0 Å². The van der Waals surface area contributed by atoms with E-state index < -0.39 is 5.56 Å². The van der Waals surface area contributed by atoms with E-state index in [0.29, 0.717) is 34.2 Å². The highest BCUT2D eigenvalue weighted by Gasteiger charge is 2.34. The van der Waals surface area contributed by atoms with Gasteiger partial charge in [0.05, 0.1) is 24.4 Å². The summed E-state index contributed by atoms with van der Waals surface area (Å²) in [6, 6.07) is 18.8. The predicted molar refractivity (Wildman–Crippen MR) is 143 cm³/mol. The minimum Gasteiger partial charge on any atom is -0.494 e. The second-order valence-corrected chi connectivity index (χ2v) is 10.3. The third-order valence-electron chi connectivity index (χ3n) is 6.04. The quantitative estimate of drug-likeness (QED) is 0.306. The Bertz CT molecular complexity index is 1780. The SMILES string of the molecule is CCOc1ccc(-c2nc3sc(=C4C(=O)N(Cc5ccc(F)cc5)c5ccc(Br)cc54)c(=O)n3n2)cc1. The minimum atomic E-state index is -0.400. The van der Waals surface area contributed by atoms with Crippen LogP contribution in [-0.2, 0) is 11.3 Å². The monoisotopic (exact) mass is 576 g/mol. The third kappa shape index (κ3) is 4.11. The largest absolute Gasteiger partial charge is 0.494 e. The number of rotatable bonds is 5. The Kier molecular flexibility index (Phi) is 5.85. The topological polar surface area (TPSA) is 76.8 Å². The van der Waals surface area contributed by atoms with Gasteiger partial charge in [0.1, 0.15) is 16.1 Å². The molecular weight excluding hydrogens is 559 g/mol. The van der Waals surface area contributed by atoms with Crippen molar-refractivity contribution in [1.29, 1.82) is 0 Å². The number of anilines is 1. The number of nitrogens with zero attached hydrogens (tertiary/aromatic N) is 4. The number of fused-ring (bicyclic) bond motifs is 2. The number of hydrogen-bond donors (Lipinski definition) is 0. The first kappa shape index (κ1) is 23.5. The first-order valence-corrected chi connectivity index (χ1v) is 13.1. The molecule has 7 nitrogen and oxygen atoms in total. The van der Waals surface area contributed by atoms with Gasteiger partial charge >= 0.3 is 0 Å². The number of halogens is 2. The van der Waals surface area contributed by atoms with Gasteiger partial charge in [-0.05, 0) is 67.1 Å². The molecule has 1 aliphatic rings. The van der Waals surface area contributed by atoms with Gasteiger partial charge in [0.15, 0.2) is 5.82 Å². The van der Waals surface area contributed by atoms with E-state index in [1.807, 2.05) is 49.4 Å². The van der Waals surface area contributed by atoms with E-state index in [-0.39, 0.29) is 22.8 Å². The highest BCUT2D eigenvalue weighted by Crippen LogP contribution is 2.38. The van der Waals surface area contributed by atoms with Crippen LogP contribution in [0.15, 0.2) is 76.0 Å². The van der Waals surface area contributed by atoms with Crippen LogP contribution in [-0.4, -0.2) is 27.1 Å². The van der Waals surface area contributed by atoms with Gasteiger partial charge in [-0.3, -0.25) is 9.59 Å². The summed E-state index contributed by atoms with van der Waals surface area (Å²) in [7, 11) is 0. The van der Waals surface area contributed by atoms with Gasteiger partial charge in [0, 0.05) is 15.6 Å². The first-order valence-electron chi connectivity index (χ1n) is 11.5. The van der Waals surface area contributed by atoms with E-state index in [1.54, 1.807) is 17.0 Å². The summed E-state index contributed by atoms with van der Waals surface area (Å²) in [5.74, 6) is 0.515. The Labute approximate surface area is 222 Å². The highest BCUT2D eigenvalue weighted by molar-refractivity contribution is 9.10. The number of amides is 1. The molecule has 37 heavy (non-hydrogen) atoms. The van der Waals surface area contributed by atoms with Crippen LogP contribution < -0.4 is 19.7 Å². The number of ether oxygens (including phenoxy) is 1. The lowest BCUT2D eigenvalue weighted by atomic mass is 10.1. The van der Waals surface area contributed by atoms with E-state index in [1.165, 1.54) is 16.6 Å². The number of aromatic nitrogens is 3. The van der Waals surface area contributed by atoms with Gasteiger partial charge in [-0.1, -0.05) is 39.4 Å². The zero-order valence-electron chi connectivity index (χ0n) is 19.4. The summed E-state index contributed by atoms with van der Waals surface area (Å²) in [6.45, 7) is 2.73. The Morgan fingerprint density at radius 2 is 1.78 bits per heavy atom. The van der Waals surface area contributed by atoms with Gasteiger partial charge in [0.2, 0.25) is 4.96 Å². The number of carbonyl (C=O) groups excluding carboxylic acids is 1. The number of hydrogen-bond acceptors (Lipinski definition) is 6. The van der Waals surface area contributed by atoms with Crippen LogP contribution in [0.4, 0.5) is 10.1 Å². The highest BCUT2D eigenvalue weighted by atomic mass is 79.9. The first-order chi connectivity index (χ1) is 17.9. The predicted octanol–water partition coefficient (Wildman–Crippen LogP) is 4.58. The summed E-state index contributed by atoms with van der Waals surface area (Å²) >= 11 is 4.61. The van der Waals surface area contributed by atoms with Crippen molar-refractivity contribution >= 4 is 49.4 Å². The molecule has 6 rings (SSSR count). The zero-order chi connectivity index (χ0) is 25.7. The summed E-state index contributed by atoms with van der Waals surface area (Å²) in [6.07, 6.45) is 0. The molecule has 1 amide bonds. The maximum Gasteiger partial charge on any atom is 0.291 e. The smallest absolute Gasteiger partial charge is 0.291 e. The normalized spacial score (nSPS) is 14.5. The fourth-order valence-corrected chi connectivity index (χ4v) is 5.69. The molecule has 0 saturated carbocycles. The van der Waals surface area contributed by atoms with Crippen molar-refractivity contribution in [2.45, 2.75) is 13.5 Å². The van der Waals surface area contributed by atoms with Crippen molar-refractivity contribution in [2.75, 3.05) is 11.5 Å². The molecule has 3 aromatic carbocycles. The standard InChI is InChI=1S/C27H18BrFN4O3S/c1-2-36-19-10-5-16(6-11-19)24-30-27-33(31-24)26(35)23(37-27)22-20-13-17(28)7-12-21(20)32(25(22)34)14-15-3-8-18(29)9-4-15/h3-13H,2,14H2,1H3. The number of benzene rings is 3. The van der Waals surface area contributed by atoms with Crippen LogP contribution in [0.3, 0.4) is 0 Å². The molecule has 0 bridgehead atoms. The van der Waals surface area contributed by atoms with Crippen LogP contribution in [0.2, 0.25) is 0 Å². The lowest BCUT2D eigenvalue weighted by molar-refractivity contribution is -0.113. The van der Waals surface area contributed by atoms with Crippen molar-refractivity contribution in [3.63, 3.8) is 0 Å². The number of thiazole rings is 1. The van der Waals surface area contributed by atoms with Crippen molar-refractivity contribution < 1.29 is 13.9 Å². The molecule has 3 heterocycles. The lowest BCUT2D eigenvalue weighted by Crippen LogP contribution is -2.32. The molecule has 0 saturated heterocycles. The molecule has 0 aliphatic carbocycles. The van der Waals surface area contributed by atoms with Crippen LogP contribution in [0.5, 0.6) is 5.75 Å². The van der Waals surface area contributed by atoms with Crippen LogP contribution in [0.1, 0.15) is 18.1 Å². The van der Waals surface area contributed by atoms with Crippen LogP contribution in [0.25, 0.3) is 21.9 Å². The Hall–Kier alpha value is -3.89. The molecule has 0 N–H and O–H groups in total.